The van der Waals surface area contributed by atoms with Gasteiger partial charge in [-0.15, -0.1) is 0 Å². The lowest BCUT2D eigenvalue weighted by Gasteiger charge is -2.14. The molecule has 2 rings (SSSR count). The number of nitrogens with one attached hydrogen (secondary N) is 1. The predicted molar refractivity (Wildman–Crippen MR) is 78.5 cm³/mol. The zero-order valence-electron chi connectivity index (χ0n) is 11.6. The van der Waals surface area contributed by atoms with Crippen molar-refractivity contribution < 1.29 is 31.1 Å². The molecule has 1 amide bonds. The molecular weight excluding hydrogens is 404 g/mol. The van der Waals surface area contributed by atoms with E-state index in [1.54, 1.807) is 0 Å². The van der Waals surface area contributed by atoms with Crippen LogP contribution in [0.5, 0.6) is 0 Å². The molecule has 0 heterocycles. The molecule has 0 aliphatic rings. The van der Waals surface area contributed by atoms with E-state index in [4.69, 9.17) is 0 Å². The third-order valence-corrected chi connectivity index (χ3v) is 3.49. The molecule has 2 aromatic rings. The predicted octanol–water partition coefficient (Wildman–Crippen LogP) is 5.74. The summed E-state index contributed by atoms with van der Waals surface area (Å²) in [6.07, 6.45) is -9.30. The summed E-state index contributed by atoms with van der Waals surface area (Å²) in [6, 6.07) is 6.37. The van der Waals surface area contributed by atoms with Gasteiger partial charge < -0.3 is 5.32 Å². The molecule has 0 fully saturated rings. The first-order chi connectivity index (χ1) is 11.0. The number of rotatable bonds is 2. The Hall–Kier alpha value is -2.03. The highest BCUT2D eigenvalue weighted by Gasteiger charge is 2.35. The van der Waals surface area contributed by atoms with Gasteiger partial charge in [-0.2, -0.15) is 26.3 Å². The van der Waals surface area contributed by atoms with Gasteiger partial charge in [-0.3, -0.25) is 4.79 Å². The molecule has 0 spiro atoms. The van der Waals surface area contributed by atoms with Crippen molar-refractivity contribution >= 4 is 27.5 Å². The first kappa shape index (κ1) is 18.3. The maximum absolute atomic E-state index is 13.0. The molecule has 0 radical (unpaired) electrons. The Balaban J connectivity index is 2.28. The van der Waals surface area contributed by atoms with Gasteiger partial charge in [0.2, 0.25) is 0 Å². The van der Waals surface area contributed by atoms with E-state index < -0.39 is 35.0 Å². The van der Waals surface area contributed by atoms with E-state index in [0.717, 1.165) is 36.4 Å². The Bertz CT molecular complexity index is 752. The van der Waals surface area contributed by atoms with Gasteiger partial charge in [0.1, 0.15) is 0 Å². The number of halogens is 7. The number of carbonyl (C=O) groups excluding carboxylic acids is 1. The van der Waals surface area contributed by atoms with E-state index in [9.17, 15) is 31.1 Å². The molecular formula is C15H8BrF6NO. The highest BCUT2D eigenvalue weighted by Crippen LogP contribution is 2.34. The van der Waals surface area contributed by atoms with Crippen LogP contribution < -0.4 is 5.32 Å². The van der Waals surface area contributed by atoms with Crippen molar-refractivity contribution in [2.75, 3.05) is 5.32 Å². The highest BCUT2D eigenvalue weighted by atomic mass is 79.9. The van der Waals surface area contributed by atoms with E-state index in [1.807, 2.05) is 0 Å². The molecule has 0 bridgehead atoms. The van der Waals surface area contributed by atoms with Crippen molar-refractivity contribution in [2.24, 2.45) is 0 Å². The summed E-state index contributed by atoms with van der Waals surface area (Å²) < 4.78 is 76.5. The third-order valence-electron chi connectivity index (χ3n) is 3.00. The van der Waals surface area contributed by atoms with E-state index >= 15 is 0 Å². The zero-order chi connectivity index (χ0) is 18.1. The lowest BCUT2D eigenvalue weighted by molar-refractivity contribution is -0.138. The smallest absolute Gasteiger partial charge is 0.322 e. The van der Waals surface area contributed by atoms with E-state index in [2.05, 4.69) is 21.2 Å². The summed E-state index contributed by atoms with van der Waals surface area (Å²) in [5.41, 5.74) is -2.77. The Labute approximate surface area is 140 Å². The fourth-order valence-electron chi connectivity index (χ4n) is 1.89. The largest absolute Gasteiger partial charge is 0.417 e. The summed E-state index contributed by atoms with van der Waals surface area (Å²) in [5.74, 6) is -1.07. The second kappa shape index (κ2) is 6.46. The van der Waals surface area contributed by atoms with Crippen LogP contribution in [0.2, 0.25) is 0 Å². The molecule has 0 aromatic heterocycles. The van der Waals surface area contributed by atoms with E-state index in [-0.39, 0.29) is 10.2 Å². The average Bonchev–Trinajstić information content (AvgIpc) is 2.45. The van der Waals surface area contributed by atoms with Crippen molar-refractivity contribution in [2.45, 2.75) is 12.4 Å². The van der Waals surface area contributed by atoms with Crippen LogP contribution in [0.1, 0.15) is 21.5 Å². The maximum atomic E-state index is 13.0. The molecule has 1 N–H and O–H groups in total. The first-order valence-electron chi connectivity index (χ1n) is 6.34. The minimum absolute atomic E-state index is 0.0518. The molecule has 9 heteroatoms. The fourth-order valence-corrected chi connectivity index (χ4v) is 2.25. The van der Waals surface area contributed by atoms with Gasteiger partial charge in [-0.05, 0) is 42.5 Å². The molecule has 0 aliphatic heterocycles. The molecule has 2 nitrogen and oxygen atoms in total. The Morgan fingerprint density at radius 1 is 0.875 bits per heavy atom. The number of carbonyl (C=O) groups is 1. The minimum atomic E-state index is -4.75. The molecule has 24 heavy (non-hydrogen) atoms. The Morgan fingerprint density at radius 2 is 1.46 bits per heavy atom. The minimum Gasteiger partial charge on any atom is -0.322 e. The lowest BCUT2D eigenvalue weighted by atomic mass is 10.1. The fraction of sp³-hybridized carbons (Fsp3) is 0.133. The third kappa shape index (κ3) is 4.28. The van der Waals surface area contributed by atoms with Crippen molar-refractivity contribution in [3.05, 3.63) is 63.6 Å². The molecule has 0 atom stereocenters. The molecule has 0 unspecified atom stereocenters. The second-order valence-electron chi connectivity index (χ2n) is 4.72. The quantitative estimate of drug-likeness (QED) is 0.627. The monoisotopic (exact) mass is 411 g/mol. The maximum Gasteiger partial charge on any atom is 0.417 e. The summed E-state index contributed by atoms with van der Waals surface area (Å²) in [6.45, 7) is 0. The second-order valence-corrected chi connectivity index (χ2v) is 5.63. The van der Waals surface area contributed by atoms with Gasteiger partial charge in [-0.25, -0.2) is 0 Å². The highest BCUT2D eigenvalue weighted by molar-refractivity contribution is 9.10. The van der Waals surface area contributed by atoms with Crippen LogP contribution in [0.25, 0.3) is 0 Å². The normalized spacial score (nSPS) is 12.1. The zero-order valence-corrected chi connectivity index (χ0v) is 13.2. The van der Waals surface area contributed by atoms with E-state index in [0.29, 0.717) is 0 Å². The Morgan fingerprint density at radius 3 is 1.96 bits per heavy atom. The van der Waals surface area contributed by atoms with Crippen LogP contribution >= 0.6 is 15.9 Å². The molecule has 0 saturated heterocycles. The number of anilines is 1. The average molecular weight is 412 g/mol. The van der Waals surface area contributed by atoms with Gasteiger partial charge >= 0.3 is 12.4 Å². The Kier molecular flexibility index (Phi) is 4.93. The van der Waals surface area contributed by atoms with Gasteiger partial charge in [0.15, 0.2) is 0 Å². The van der Waals surface area contributed by atoms with Gasteiger partial charge in [0.05, 0.1) is 16.7 Å². The SMILES string of the molecule is O=C(Nc1ccc(C(F)(F)F)cc1)c1ccc(Br)cc1C(F)(F)F. The van der Waals surface area contributed by atoms with Crippen LogP contribution in [0.3, 0.4) is 0 Å². The van der Waals surface area contributed by atoms with Crippen molar-refractivity contribution in [3.63, 3.8) is 0 Å². The van der Waals surface area contributed by atoms with Crippen LogP contribution in [-0.4, -0.2) is 5.91 Å². The number of hydrogen-bond donors (Lipinski definition) is 1. The number of benzene rings is 2. The number of amides is 1. The lowest BCUT2D eigenvalue weighted by Crippen LogP contribution is -2.19. The van der Waals surface area contributed by atoms with Gasteiger partial charge in [0.25, 0.3) is 5.91 Å². The summed E-state index contributed by atoms with van der Waals surface area (Å²) in [7, 11) is 0. The molecule has 128 valence electrons. The van der Waals surface area contributed by atoms with Gasteiger partial charge in [-0.1, -0.05) is 15.9 Å². The van der Waals surface area contributed by atoms with Crippen LogP contribution in [0.15, 0.2) is 46.9 Å². The standard InChI is InChI=1S/C15H8BrF6NO/c16-9-3-6-11(12(7-9)15(20,21)22)13(24)23-10-4-1-8(2-5-10)14(17,18)19/h1-7H,(H,23,24). The summed E-state index contributed by atoms with van der Waals surface area (Å²) in [4.78, 5) is 12.0. The van der Waals surface area contributed by atoms with Crippen LogP contribution in [0.4, 0.5) is 32.0 Å². The molecule has 0 aliphatic carbocycles. The van der Waals surface area contributed by atoms with Crippen molar-refractivity contribution in [3.8, 4) is 0 Å². The van der Waals surface area contributed by atoms with Crippen molar-refractivity contribution in [1.82, 2.24) is 0 Å². The molecule has 0 saturated carbocycles. The number of alkyl halides is 6. The topological polar surface area (TPSA) is 29.1 Å². The summed E-state index contributed by atoms with van der Waals surface area (Å²) in [5, 5.41) is 2.15. The van der Waals surface area contributed by atoms with Crippen molar-refractivity contribution in [1.29, 1.82) is 0 Å². The summed E-state index contributed by atoms with van der Waals surface area (Å²) >= 11 is 2.89. The van der Waals surface area contributed by atoms with E-state index in [1.165, 1.54) is 6.07 Å². The van der Waals surface area contributed by atoms with Gasteiger partial charge in [0, 0.05) is 10.2 Å². The number of hydrogen-bond acceptors (Lipinski definition) is 1. The van der Waals surface area contributed by atoms with Crippen LogP contribution in [-0.2, 0) is 12.4 Å². The first-order valence-corrected chi connectivity index (χ1v) is 7.13. The molecule has 2 aromatic carbocycles. The van der Waals surface area contributed by atoms with Crippen LogP contribution in [0, 0.1) is 0 Å².